The lowest BCUT2D eigenvalue weighted by molar-refractivity contribution is -0.124. The Kier molecular flexibility index (Phi) is 7.48. The SMILES string of the molecule is CCCNC(C)(CCCN(C)CC1CCCO1)C(N)=O. The maximum atomic E-state index is 11.6. The molecule has 1 amide bonds. The zero-order valence-corrected chi connectivity index (χ0v) is 13.3. The molecule has 0 aromatic carbocycles. The highest BCUT2D eigenvalue weighted by Crippen LogP contribution is 2.15. The van der Waals surface area contributed by atoms with Crippen LogP contribution < -0.4 is 11.1 Å². The van der Waals surface area contributed by atoms with Gasteiger partial charge in [-0.3, -0.25) is 4.79 Å². The molecule has 20 heavy (non-hydrogen) atoms. The van der Waals surface area contributed by atoms with Crippen LogP contribution in [0.15, 0.2) is 0 Å². The third-order valence-electron chi connectivity index (χ3n) is 4.06. The maximum absolute atomic E-state index is 11.6. The van der Waals surface area contributed by atoms with Crippen molar-refractivity contribution in [3.63, 3.8) is 0 Å². The van der Waals surface area contributed by atoms with Crippen LogP contribution in [-0.4, -0.2) is 55.7 Å². The number of hydrogen-bond acceptors (Lipinski definition) is 4. The van der Waals surface area contributed by atoms with Gasteiger partial charge in [-0.1, -0.05) is 6.92 Å². The first kappa shape index (κ1) is 17.4. The number of hydrogen-bond donors (Lipinski definition) is 2. The van der Waals surface area contributed by atoms with E-state index in [0.717, 1.165) is 45.5 Å². The first-order valence-corrected chi connectivity index (χ1v) is 7.83. The van der Waals surface area contributed by atoms with Gasteiger partial charge in [-0.15, -0.1) is 0 Å². The van der Waals surface area contributed by atoms with Gasteiger partial charge >= 0.3 is 0 Å². The zero-order valence-electron chi connectivity index (χ0n) is 13.3. The maximum Gasteiger partial charge on any atom is 0.237 e. The van der Waals surface area contributed by atoms with Crippen molar-refractivity contribution in [2.24, 2.45) is 5.73 Å². The predicted molar refractivity (Wildman–Crippen MR) is 81.6 cm³/mol. The summed E-state index contributed by atoms with van der Waals surface area (Å²) >= 11 is 0. The van der Waals surface area contributed by atoms with Gasteiger partial charge in [0, 0.05) is 13.2 Å². The number of ether oxygens (including phenoxy) is 1. The molecule has 0 aliphatic carbocycles. The molecule has 0 saturated carbocycles. The smallest absolute Gasteiger partial charge is 0.237 e. The second kappa shape index (κ2) is 8.60. The number of carbonyl (C=O) groups is 1. The summed E-state index contributed by atoms with van der Waals surface area (Å²) in [6.07, 6.45) is 5.47. The van der Waals surface area contributed by atoms with Crippen LogP contribution >= 0.6 is 0 Å². The molecule has 0 bridgehead atoms. The molecular formula is C15H31N3O2. The van der Waals surface area contributed by atoms with Gasteiger partial charge in [0.1, 0.15) is 0 Å². The van der Waals surface area contributed by atoms with Crippen molar-refractivity contribution in [3.05, 3.63) is 0 Å². The minimum Gasteiger partial charge on any atom is -0.377 e. The number of rotatable bonds is 10. The third-order valence-corrected chi connectivity index (χ3v) is 4.06. The molecule has 1 saturated heterocycles. The summed E-state index contributed by atoms with van der Waals surface area (Å²) in [5, 5.41) is 3.27. The number of amides is 1. The molecule has 0 aromatic heterocycles. The van der Waals surface area contributed by atoms with Crippen molar-refractivity contribution in [2.75, 3.05) is 33.3 Å². The van der Waals surface area contributed by atoms with Gasteiger partial charge in [0.2, 0.25) is 5.91 Å². The molecule has 3 N–H and O–H groups in total. The van der Waals surface area contributed by atoms with E-state index in [1.165, 1.54) is 12.8 Å². The molecule has 0 spiro atoms. The van der Waals surface area contributed by atoms with E-state index in [4.69, 9.17) is 10.5 Å². The van der Waals surface area contributed by atoms with Crippen molar-refractivity contribution >= 4 is 5.91 Å². The molecule has 1 rings (SSSR count). The minimum atomic E-state index is -0.583. The molecule has 1 aliphatic heterocycles. The minimum absolute atomic E-state index is 0.257. The summed E-state index contributed by atoms with van der Waals surface area (Å²) in [7, 11) is 2.11. The van der Waals surface area contributed by atoms with Crippen LogP contribution in [0.2, 0.25) is 0 Å². The van der Waals surface area contributed by atoms with E-state index in [9.17, 15) is 4.79 Å². The molecule has 5 heteroatoms. The first-order chi connectivity index (χ1) is 9.48. The number of carbonyl (C=O) groups excluding carboxylic acids is 1. The van der Waals surface area contributed by atoms with Gasteiger partial charge in [-0.2, -0.15) is 0 Å². The Balaban J connectivity index is 2.26. The fourth-order valence-corrected chi connectivity index (χ4v) is 2.63. The lowest BCUT2D eigenvalue weighted by Crippen LogP contribution is -2.53. The van der Waals surface area contributed by atoms with E-state index in [1.807, 2.05) is 6.92 Å². The van der Waals surface area contributed by atoms with E-state index in [0.29, 0.717) is 6.10 Å². The highest BCUT2D eigenvalue weighted by atomic mass is 16.5. The molecule has 1 fully saturated rings. The number of likely N-dealkylation sites (N-methyl/N-ethyl adjacent to an activating group) is 1. The summed E-state index contributed by atoms with van der Waals surface area (Å²) in [5.74, 6) is -0.257. The van der Waals surface area contributed by atoms with Crippen molar-refractivity contribution in [3.8, 4) is 0 Å². The van der Waals surface area contributed by atoms with Crippen molar-refractivity contribution in [1.82, 2.24) is 10.2 Å². The molecule has 118 valence electrons. The average Bonchev–Trinajstić information content (AvgIpc) is 2.89. The Bertz CT molecular complexity index is 293. The summed E-state index contributed by atoms with van der Waals surface area (Å²) in [4.78, 5) is 13.9. The molecule has 1 aliphatic rings. The number of nitrogens with two attached hydrogens (primary N) is 1. The van der Waals surface area contributed by atoms with Gasteiger partial charge in [0.15, 0.2) is 0 Å². The molecule has 0 aromatic rings. The highest BCUT2D eigenvalue weighted by molar-refractivity contribution is 5.84. The van der Waals surface area contributed by atoms with Gasteiger partial charge in [-0.25, -0.2) is 0 Å². The largest absolute Gasteiger partial charge is 0.377 e. The summed E-state index contributed by atoms with van der Waals surface area (Å²) in [6, 6.07) is 0. The Morgan fingerprint density at radius 3 is 2.85 bits per heavy atom. The molecule has 2 atom stereocenters. The van der Waals surface area contributed by atoms with Crippen molar-refractivity contribution < 1.29 is 9.53 Å². The summed E-state index contributed by atoms with van der Waals surface area (Å²) in [6.45, 7) is 7.67. The summed E-state index contributed by atoms with van der Waals surface area (Å²) < 4.78 is 5.63. The standard InChI is InChI=1S/C15H31N3O2/c1-4-9-17-15(2,14(16)19)8-6-10-18(3)12-13-7-5-11-20-13/h13,17H,4-12H2,1-3H3,(H2,16,19). The van der Waals surface area contributed by atoms with E-state index in [2.05, 4.69) is 24.2 Å². The number of primary amides is 1. The second-order valence-corrected chi connectivity index (χ2v) is 6.12. The molecule has 2 unspecified atom stereocenters. The van der Waals surface area contributed by atoms with Crippen LogP contribution in [-0.2, 0) is 9.53 Å². The molecule has 1 heterocycles. The van der Waals surface area contributed by atoms with Crippen LogP contribution in [0.1, 0.15) is 46.0 Å². The predicted octanol–water partition coefficient (Wildman–Crippen LogP) is 1.12. The van der Waals surface area contributed by atoms with Crippen LogP contribution in [0, 0.1) is 0 Å². The lowest BCUT2D eigenvalue weighted by atomic mass is 9.94. The molecular weight excluding hydrogens is 254 g/mol. The van der Waals surface area contributed by atoms with Crippen LogP contribution in [0.4, 0.5) is 0 Å². The topological polar surface area (TPSA) is 67.6 Å². The average molecular weight is 285 g/mol. The fraction of sp³-hybridized carbons (Fsp3) is 0.933. The second-order valence-electron chi connectivity index (χ2n) is 6.12. The first-order valence-electron chi connectivity index (χ1n) is 7.83. The van der Waals surface area contributed by atoms with Crippen LogP contribution in [0.25, 0.3) is 0 Å². The van der Waals surface area contributed by atoms with Gasteiger partial charge in [0.25, 0.3) is 0 Å². The van der Waals surface area contributed by atoms with E-state index in [1.54, 1.807) is 0 Å². The highest BCUT2D eigenvalue weighted by Gasteiger charge is 2.29. The number of nitrogens with zero attached hydrogens (tertiary/aromatic N) is 1. The Labute approximate surface area is 123 Å². The quantitative estimate of drug-likeness (QED) is 0.631. The monoisotopic (exact) mass is 285 g/mol. The van der Waals surface area contributed by atoms with Gasteiger partial charge in [-0.05, 0) is 59.2 Å². The molecule has 0 radical (unpaired) electrons. The van der Waals surface area contributed by atoms with E-state index in [-0.39, 0.29) is 5.91 Å². The van der Waals surface area contributed by atoms with Crippen LogP contribution in [0.5, 0.6) is 0 Å². The van der Waals surface area contributed by atoms with E-state index < -0.39 is 5.54 Å². The zero-order chi connectivity index (χ0) is 15.0. The normalized spacial score (nSPS) is 22.1. The van der Waals surface area contributed by atoms with Gasteiger partial charge < -0.3 is 20.7 Å². The van der Waals surface area contributed by atoms with Crippen molar-refractivity contribution in [2.45, 2.75) is 57.6 Å². The third kappa shape index (κ3) is 5.77. The molecule has 5 nitrogen and oxygen atoms in total. The van der Waals surface area contributed by atoms with Gasteiger partial charge in [0.05, 0.1) is 11.6 Å². The number of nitrogens with one attached hydrogen (secondary N) is 1. The fourth-order valence-electron chi connectivity index (χ4n) is 2.63. The van der Waals surface area contributed by atoms with Crippen molar-refractivity contribution in [1.29, 1.82) is 0 Å². The summed E-state index contributed by atoms with van der Waals surface area (Å²) in [5.41, 5.74) is 4.94. The van der Waals surface area contributed by atoms with E-state index >= 15 is 0 Å². The lowest BCUT2D eigenvalue weighted by Gasteiger charge is -2.28. The van der Waals surface area contributed by atoms with Crippen LogP contribution in [0.3, 0.4) is 0 Å². The Hall–Kier alpha value is -0.650. The Morgan fingerprint density at radius 2 is 2.30 bits per heavy atom. The Morgan fingerprint density at radius 1 is 1.55 bits per heavy atom.